The third-order valence-corrected chi connectivity index (χ3v) is 5.04. The lowest BCUT2D eigenvalue weighted by atomic mass is 10.1. The van der Waals surface area contributed by atoms with Crippen molar-refractivity contribution >= 4 is 34.3 Å². The van der Waals surface area contributed by atoms with Crippen LogP contribution in [0.15, 0.2) is 71.1 Å². The molecule has 0 bridgehead atoms. The summed E-state index contributed by atoms with van der Waals surface area (Å²) in [5, 5.41) is 3.49. The van der Waals surface area contributed by atoms with Crippen LogP contribution in [0.25, 0.3) is 22.6 Å². The second kappa shape index (κ2) is 8.93. The van der Waals surface area contributed by atoms with Crippen molar-refractivity contribution in [3.05, 3.63) is 71.8 Å². The van der Waals surface area contributed by atoms with Crippen LogP contribution >= 0.6 is 11.6 Å². The van der Waals surface area contributed by atoms with Crippen LogP contribution in [0.3, 0.4) is 0 Å². The fraction of sp³-hybridized carbons (Fsp3) is 0.200. The Bertz CT molecular complexity index is 1230. The Morgan fingerprint density at radius 2 is 1.72 bits per heavy atom. The molecule has 0 saturated carbocycles. The van der Waals surface area contributed by atoms with Crippen LogP contribution in [0, 0.1) is 0 Å². The van der Waals surface area contributed by atoms with Crippen LogP contribution in [-0.4, -0.2) is 23.1 Å². The van der Waals surface area contributed by atoms with Crippen molar-refractivity contribution in [3.8, 4) is 23.0 Å². The molecule has 0 aliphatic heterocycles. The van der Waals surface area contributed by atoms with E-state index in [-0.39, 0.29) is 5.91 Å². The van der Waals surface area contributed by atoms with Gasteiger partial charge >= 0.3 is 0 Å². The summed E-state index contributed by atoms with van der Waals surface area (Å²) in [6.07, 6.45) is 0. The van der Waals surface area contributed by atoms with Crippen molar-refractivity contribution in [3.63, 3.8) is 0 Å². The molecule has 0 spiro atoms. The highest BCUT2D eigenvalue weighted by atomic mass is 35.5. The number of hydrogen-bond donors (Lipinski definition) is 1. The first-order chi connectivity index (χ1) is 15.3. The van der Waals surface area contributed by atoms with Gasteiger partial charge in [-0.2, -0.15) is 0 Å². The van der Waals surface area contributed by atoms with Crippen LogP contribution in [0.2, 0.25) is 5.02 Å². The lowest BCUT2D eigenvalue weighted by molar-refractivity contribution is -0.128. The Kier molecular flexibility index (Phi) is 6.06. The largest absolute Gasteiger partial charge is 0.494 e. The van der Waals surface area contributed by atoms with Crippen molar-refractivity contribution in [2.45, 2.75) is 26.4 Å². The minimum atomic E-state index is -1.10. The molecular formula is C25H23ClN2O4. The number of amides is 1. The summed E-state index contributed by atoms with van der Waals surface area (Å²) in [5.74, 6) is 1.56. The molecule has 1 amide bonds. The third-order valence-electron chi connectivity index (χ3n) is 4.79. The molecule has 0 atom stereocenters. The van der Waals surface area contributed by atoms with E-state index in [1.165, 1.54) is 0 Å². The number of ether oxygens (including phenoxy) is 2. The number of oxazole rings is 1. The average Bonchev–Trinajstić information content (AvgIpc) is 3.19. The number of fused-ring (bicyclic) bond motifs is 1. The Hall–Kier alpha value is -3.51. The second-order valence-electron chi connectivity index (χ2n) is 7.68. The molecule has 4 aromatic rings. The van der Waals surface area contributed by atoms with Gasteiger partial charge in [0.05, 0.1) is 6.61 Å². The molecule has 1 aromatic heterocycles. The number of nitrogens with one attached hydrogen (secondary N) is 1. The predicted octanol–water partition coefficient (Wildman–Crippen LogP) is 6.34. The van der Waals surface area contributed by atoms with Gasteiger partial charge in [-0.15, -0.1) is 0 Å². The smallest absolute Gasteiger partial charge is 0.267 e. The van der Waals surface area contributed by atoms with E-state index in [2.05, 4.69) is 10.3 Å². The zero-order valence-corrected chi connectivity index (χ0v) is 18.8. The molecular weight excluding hydrogens is 428 g/mol. The van der Waals surface area contributed by atoms with Gasteiger partial charge in [-0.05, 0) is 87.5 Å². The van der Waals surface area contributed by atoms with Crippen molar-refractivity contribution in [2.24, 2.45) is 0 Å². The maximum atomic E-state index is 12.8. The number of carbonyl (C=O) groups is 1. The summed E-state index contributed by atoms with van der Waals surface area (Å²) in [4.78, 5) is 17.4. The van der Waals surface area contributed by atoms with Gasteiger partial charge in [0.1, 0.15) is 17.0 Å². The summed E-state index contributed by atoms with van der Waals surface area (Å²) in [5.41, 5.74) is 1.61. The van der Waals surface area contributed by atoms with E-state index < -0.39 is 5.60 Å². The van der Waals surface area contributed by atoms with E-state index >= 15 is 0 Å². The Morgan fingerprint density at radius 3 is 2.41 bits per heavy atom. The van der Waals surface area contributed by atoms with Gasteiger partial charge in [0.2, 0.25) is 5.89 Å². The Balaban J connectivity index is 1.49. The lowest BCUT2D eigenvalue weighted by Crippen LogP contribution is -2.42. The molecule has 7 heteroatoms. The molecule has 0 fully saturated rings. The van der Waals surface area contributed by atoms with Crippen LogP contribution in [-0.2, 0) is 4.79 Å². The molecule has 0 aliphatic rings. The van der Waals surface area contributed by atoms with Crippen LogP contribution in [0.4, 0.5) is 5.69 Å². The van der Waals surface area contributed by atoms with Crippen molar-refractivity contribution in [2.75, 3.05) is 11.9 Å². The SMILES string of the molecule is CCOc1ccc(-c2nc3cc(NC(=O)C(C)(C)Oc4ccc(Cl)cc4)ccc3o2)cc1. The molecule has 0 unspecified atom stereocenters. The maximum absolute atomic E-state index is 12.8. The number of aromatic nitrogens is 1. The predicted molar refractivity (Wildman–Crippen MR) is 125 cm³/mol. The highest BCUT2D eigenvalue weighted by Gasteiger charge is 2.30. The van der Waals surface area contributed by atoms with Gasteiger partial charge in [-0.1, -0.05) is 11.6 Å². The number of halogens is 1. The number of rotatable bonds is 7. The summed E-state index contributed by atoms with van der Waals surface area (Å²) in [7, 11) is 0. The van der Waals surface area contributed by atoms with Gasteiger partial charge in [0.15, 0.2) is 11.2 Å². The lowest BCUT2D eigenvalue weighted by Gasteiger charge is -2.25. The average molecular weight is 451 g/mol. The number of hydrogen-bond acceptors (Lipinski definition) is 5. The van der Waals surface area contributed by atoms with E-state index in [4.69, 9.17) is 25.5 Å². The first kappa shape index (κ1) is 21.7. The van der Waals surface area contributed by atoms with Crippen LogP contribution in [0.5, 0.6) is 11.5 Å². The van der Waals surface area contributed by atoms with Crippen molar-refractivity contribution in [1.29, 1.82) is 0 Å². The van der Waals surface area contributed by atoms with Gasteiger partial charge in [0, 0.05) is 16.3 Å². The molecule has 6 nitrogen and oxygen atoms in total. The topological polar surface area (TPSA) is 73.6 Å². The minimum absolute atomic E-state index is 0.290. The Morgan fingerprint density at radius 1 is 1.03 bits per heavy atom. The fourth-order valence-electron chi connectivity index (χ4n) is 3.11. The number of carbonyl (C=O) groups excluding carboxylic acids is 1. The first-order valence-corrected chi connectivity index (χ1v) is 10.6. The van der Waals surface area contributed by atoms with E-state index in [1.807, 2.05) is 31.2 Å². The molecule has 0 radical (unpaired) electrons. The normalized spacial score (nSPS) is 11.4. The van der Waals surface area contributed by atoms with Crippen LogP contribution < -0.4 is 14.8 Å². The summed E-state index contributed by atoms with van der Waals surface area (Å²) >= 11 is 5.91. The van der Waals surface area contributed by atoms with Gasteiger partial charge < -0.3 is 19.2 Å². The third kappa shape index (κ3) is 4.86. The van der Waals surface area contributed by atoms with Gasteiger partial charge in [-0.3, -0.25) is 4.79 Å². The Labute approximate surface area is 191 Å². The minimum Gasteiger partial charge on any atom is -0.494 e. The zero-order chi connectivity index (χ0) is 22.7. The molecule has 0 aliphatic carbocycles. The fourth-order valence-corrected chi connectivity index (χ4v) is 3.24. The summed E-state index contributed by atoms with van der Waals surface area (Å²) in [6, 6.07) is 19.7. The number of anilines is 1. The van der Waals surface area contributed by atoms with E-state index in [1.54, 1.807) is 56.3 Å². The standard InChI is InChI=1S/C25H23ClN2O4/c1-4-30-19-10-5-16(6-11-19)23-28-21-15-18(9-14-22(21)31-23)27-24(29)25(2,3)32-20-12-7-17(26)8-13-20/h5-15H,4H2,1-3H3,(H,27,29). The van der Waals surface area contributed by atoms with Crippen molar-refractivity contribution in [1.82, 2.24) is 4.98 Å². The monoisotopic (exact) mass is 450 g/mol. The number of nitrogens with zero attached hydrogens (tertiary/aromatic N) is 1. The van der Waals surface area contributed by atoms with Gasteiger partial charge in [0.25, 0.3) is 5.91 Å². The first-order valence-electron chi connectivity index (χ1n) is 10.2. The quantitative estimate of drug-likeness (QED) is 0.355. The molecule has 32 heavy (non-hydrogen) atoms. The zero-order valence-electron chi connectivity index (χ0n) is 18.0. The van der Waals surface area contributed by atoms with E-state index in [0.717, 1.165) is 11.3 Å². The van der Waals surface area contributed by atoms with E-state index in [9.17, 15) is 4.79 Å². The van der Waals surface area contributed by atoms with Crippen molar-refractivity contribution < 1.29 is 18.7 Å². The maximum Gasteiger partial charge on any atom is 0.267 e. The van der Waals surface area contributed by atoms with Crippen LogP contribution in [0.1, 0.15) is 20.8 Å². The molecule has 0 saturated heterocycles. The summed E-state index contributed by atoms with van der Waals surface area (Å²) in [6.45, 7) is 5.96. The molecule has 164 valence electrons. The molecule has 1 heterocycles. The molecule has 3 aromatic carbocycles. The highest BCUT2D eigenvalue weighted by molar-refractivity contribution is 6.30. The summed E-state index contributed by atoms with van der Waals surface area (Å²) < 4.78 is 17.2. The van der Waals surface area contributed by atoms with E-state index in [0.29, 0.717) is 40.1 Å². The van der Waals surface area contributed by atoms with Gasteiger partial charge in [-0.25, -0.2) is 4.98 Å². The molecule has 1 N–H and O–H groups in total. The molecule has 4 rings (SSSR count). The highest BCUT2D eigenvalue weighted by Crippen LogP contribution is 2.28. The number of benzene rings is 3. The second-order valence-corrected chi connectivity index (χ2v) is 8.12.